The quantitative estimate of drug-likeness (QED) is 0.0515. The number of rotatable bonds is 24. The molecule has 16 heteroatoms. The molecule has 2 aromatic rings. The minimum absolute atomic E-state index is 0.168. The normalized spacial score (nSPS) is 13.0. The van der Waals surface area contributed by atoms with Crippen LogP contribution in [0, 0.1) is 0 Å². The van der Waals surface area contributed by atoms with E-state index in [2.05, 4.69) is 13.2 Å². The molecule has 4 unspecified atom stereocenters. The summed E-state index contributed by atoms with van der Waals surface area (Å²) >= 11 is 0. The maximum absolute atomic E-state index is 12.0. The second-order valence-electron chi connectivity index (χ2n) is 11.1. The van der Waals surface area contributed by atoms with Crippen LogP contribution in [0.3, 0.4) is 0 Å². The molecule has 4 N–H and O–H groups in total. The number of ether oxygens (including phenoxy) is 8. The van der Waals surface area contributed by atoms with Gasteiger partial charge in [-0.15, -0.1) is 0 Å². The second-order valence-corrected chi connectivity index (χ2v) is 11.1. The summed E-state index contributed by atoms with van der Waals surface area (Å²) in [5.41, 5.74) is 0.406. The third kappa shape index (κ3) is 18.4. The first-order chi connectivity index (χ1) is 24.2. The van der Waals surface area contributed by atoms with Crippen LogP contribution in [-0.2, 0) is 38.1 Å². The highest BCUT2D eigenvalue weighted by atomic mass is 16.6. The molecular weight excluding hydrogens is 676 g/mol. The number of hydrogen-bond acceptors (Lipinski definition) is 16. The van der Waals surface area contributed by atoms with Crippen molar-refractivity contribution >= 4 is 23.9 Å². The summed E-state index contributed by atoms with van der Waals surface area (Å²) < 4.78 is 41.4. The highest BCUT2D eigenvalue weighted by Gasteiger charge is 2.17. The van der Waals surface area contributed by atoms with Gasteiger partial charge in [-0.25, -0.2) is 9.59 Å². The molecule has 2 rings (SSSR count). The number of hydrogen-bond donors (Lipinski definition) is 4. The molecule has 0 aliphatic heterocycles. The van der Waals surface area contributed by atoms with Gasteiger partial charge in [0.15, 0.2) is 0 Å². The molecule has 0 fully saturated rings. The van der Waals surface area contributed by atoms with Crippen molar-refractivity contribution in [3.63, 3.8) is 0 Å². The van der Waals surface area contributed by atoms with E-state index in [0.29, 0.717) is 23.0 Å². The third-order valence-corrected chi connectivity index (χ3v) is 6.05. The highest BCUT2D eigenvalue weighted by molar-refractivity contribution is 5.91. The summed E-state index contributed by atoms with van der Waals surface area (Å²) in [6.07, 6.45) is -5.40. The lowest BCUT2D eigenvalue weighted by Gasteiger charge is -2.15. The summed E-state index contributed by atoms with van der Waals surface area (Å²) in [5, 5.41) is 40.1. The van der Waals surface area contributed by atoms with E-state index in [9.17, 15) is 39.6 Å². The number of esters is 4. The van der Waals surface area contributed by atoms with Crippen LogP contribution in [0.4, 0.5) is 0 Å². The van der Waals surface area contributed by atoms with Crippen molar-refractivity contribution in [2.45, 2.75) is 44.7 Å². The monoisotopic (exact) mass is 720 g/mol. The van der Waals surface area contributed by atoms with Gasteiger partial charge in [0.1, 0.15) is 107 Å². The van der Waals surface area contributed by atoms with Crippen molar-refractivity contribution in [3.05, 3.63) is 72.8 Å². The zero-order valence-electron chi connectivity index (χ0n) is 28.4. The molecule has 51 heavy (non-hydrogen) atoms. The molecule has 0 aliphatic rings. The van der Waals surface area contributed by atoms with Gasteiger partial charge in [0.05, 0.1) is 0 Å². The molecular formula is C35H44O16. The summed E-state index contributed by atoms with van der Waals surface area (Å²) in [7, 11) is 0. The summed E-state index contributed by atoms with van der Waals surface area (Å²) in [6, 6.07) is 12.6. The number of carbonyl (C=O) groups excluding carboxylic acids is 4. The molecule has 0 radical (unpaired) electrons. The standard InChI is InChI=1S/C35H44O16/c1-22(2)34(42)50-20-26(38)16-46-30-9-5-7-28(11-30)44-14-24(36)18-48-32(40)13-33(41)49-19-25(37)15-45-29-8-6-10-31(12-29)47-17-27(39)21-51-35(43)23(3)4/h5-12,24-27,36-39H,1,3,13-21H2,2,4H3. The van der Waals surface area contributed by atoms with Crippen LogP contribution >= 0.6 is 0 Å². The molecule has 4 atom stereocenters. The first-order valence-electron chi connectivity index (χ1n) is 15.6. The highest BCUT2D eigenvalue weighted by Crippen LogP contribution is 2.21. The fourth-order valence-electron chi connectivity index (χ4n) is 3.46. The predicted molar refractivity (Wildman–Crippen MR) is 177 cm³/mol. The van der Waals surface area contributed by atoms with Gasteiger partial charge in [-0.05, 0) is 38.1 Å². The average molecular weight is 721 g/mol. The number of aliphatic hydroxyl groups is 4. The van der Waals surface area contributed by atoms with Gasteiger partial charge in [0, 0.05) is 23.3 Å². The minimum Gasteiger partial charge on any atom is -0.491 e. The number of aliphatic hydroxyl groups excluding tert-OH is 4. The van der Waals surface area contributed by atoms with Gasteiger partial charge < -0.3 is 58.3 Å². The van der Waals surface area contributed by atoms with E-state index in [-0.39, 0.29) is 50.8 Å². The Morgan fingerprint density at radius 2 is 0.784 bits per heavy atom. The van der Waals surface area contributed by atoms with Crippen molar-refractivity contribution in [2.24, 2.45) is 0 Å². The Balaban J connectivity index is 1.61. The zero-order chi connectivity index (χ0) is 37.8. The number of benzene rings is 2. The van der Waals surface area contributed by atoms with Gasteiger partial charge in [0.2, 0.25) is 0 Å². The van der Waals surface area contributed by atoms with Gasteiger partial charge in [-0.3, -0.25) is 9.59 Å². The van der Waals surface area contributed by atoms with Gasteiger partial charge >= 0.3 is 23.9 Å². The van der Waals surface area contributed by atoms with Gasteiger partial charge in [-0.1, -0.05) is 25.3 Å². The molecule has 0 heterocycles. The third-order valence-electron chi connectivity index (χ3n) is 6.05. The van der Waals surface area contributed by atoms with Crippen LogP contribution in [0.5, 0.6) is 23.0 Å². The fourth-order valence-corrected chi connectivity index (χ4v) is 3.46. The van der Waals surface area contributed by atoms with Crippen LogP contribution in [-0.4, -0.2) is 122 Å². The van der Waals surface area contributed by atoms with E-state index in [1.807, 2.05) is 0 Å². The Bertz CT molecular complexity index is 1350. The lowest BCUT2D eigenvalue weighted by Crippen LogP contribution is -2.28. The van der Waals surface area contributed by atoms with Crippen LogP contribution in [0.1, 0.15) is 20.3 Å². The largest absolute Gasteiger partial charge is 0.491 e. The van der Waals surface area contributed by atoms with Crippen LogP contribution in [0.25, 0.3) is 0 Å². The second kappa shape index (κ2) is 22.5. The van der Waals surface area contributed by atoms with Crippen molar-refractivity contribution < 1.29 is 77.5 Å². The molecule has 0 saturated carbocycles. The molecule has 16 nitrogen and oxygen atoms in total. The molecule has 280 valence electrons. The minimum atomic E-state index is -1.24. The van der Waals surface area contributed by atoms with E-state index >= 15 is 0 Å². The van der Waals surface area contributed by atoms with E-state index < -0.39 is 67.9 Å². The average Bonchev–Trinajstić information content (AvgIpc) is 3.10. The van der Waals surface area contributed by atoms with Crippen molar-refractivity contribution in [1.29, 1.82) is 0 Å². The maximum Gasteiger partial charge on any atom is 0.333 e. The van der Waals surface area contributed by atoms with Crippen LogP contribution in [0.15, 0.2) is 72.8 Å². The summed E-state index contributed by atoms with van der Waals surface area (Å²) in [6.45, 7) is 7.50. The van der Waals surface area contributed by atoms with E-state index in [1.165, 1.54) is 26.0 Å². The lowest BCUT2D eigenvalue weighted by molar-refractivity contribution is -0.158. The fraction of sp³-hybridized carbons (Fsp3) is 0.429. The Kier molecular flexibility index (Phi) is 18.6. The molecule has 0 aromatic heterocycles. The first-order valence-corrected chi connectivity index (χ1v) is 15.6. The van der Waals surface area contributed by atoms with Crippen LogP contribution in [0.2, 0.25) is 0 Å². The Labute approximate surface area is 294 Å². The molecule has 0 amide bonds. The topological polar surface area (TPSA) is 223 Å². The lowest BCUT2D eigenvalue weighted by atomic mass is 10.3. The van der Waals surface area contributed by atoms with E-state index in [4.69, 9.17) is 37.9 Å². The van der Waals surface area contributed by atoms with Crippen molar-refractivity contribution in [3.8, 4) is 23.0 Å². The SMILES string of the molecule is C=C(C)C(=O)OCC(O)COc1cccc(OCC(O)COC(=O)CC(=O)OCC(O)COc2cccc(OCC(O)COC(=O)C(=C)C)c2)c1. The molecule has 0 aliphatic carbocycles. The van der Waals surface area contributed by atoms with Gasteiger partial charge in [0.25, 0.3) is 0 Å². The molecule has 0 spiro atoms. The molecule has 0 bridgehead atoms. The van der Waals surface area contributed by atoms with Crippen LogP contribution < -0.4 is 18.9 Å². The Morgan fingerprint density at radius 3 is 1.06 bits per heavy atom. The first kappa shape index (κ1) is 42.0. The predicted octanol–water partition coefficient (Wildman–Crippen LogP) is 1.06. The van der Waals surface area contributed by atoms with Gasteiger partial charge in [-0.2, -0.15) is 0 Å². The van der Waals surface area contributed by atoms with E-state index in [0.717, 1.165) is 0 Å². The smallest absolute Gasteiger partial charge is 0.333 e. The van der Waals surface area contributed by atoms with Crippen molar-refractivity contribution in [2.75, 3.05) is 52.9 Å². The molecule has 0 saturated heterocycles. The molecule has 2 aromatic carbocycles. The maximum atomic E-state index is 12.0. The summed E-state index contributed by atoms with van der Waals surface area (Å²) in [5.74, 6) is -1.90. The summed E-state index contributed by atoms with van der Waals surface area (Å²) in [4.78, 5) is 46.8. The van der Waals surface area contributed by atoms with Crippen molar-refractivity contribution in [1.82, 2.24) is 0 Å². The Morgan fingerprint density at radius 1 is 0.510 bits per heavy atom. The van der Waals surface area contributed by atoms with E-state index in [1.54, 1.807) is 36.4 Å². The number of carbonyl (C=O) groups is 4. The Hall–Kier alpha value is -5.16. The zero-order valence-corrected chi connectivity index (χ0v) is 28.4.